The Morgan fingerprint density at radius 2 is 1.52 bits per heavy atom. The van der Waals surface area contributed by atoms with Gasteiger partial charge in [0.1, 0.15) is 0 Å². The summed E-state index contributed by atoms with van der Waals surface area (Å²) in [4.78, 5) is 25.3. The van der Waals surface area contributed by atoms with Crippen molar-refractivity contribution in [1.82, 2.24) is 0 Å². The second kappa shape index (κ2) is 9.13. The van der Waals surface area contributed by atoms with Crippen molar-refractivity contribution >= 4 is 11.9 Å². The quantitative estimate of drug-likeness (QED) is 0.417. The molecular formula is C19H26O4. The molecule has 0 spiro atoms. The maximum Gasteiger partial charge on any atom is 0.324 e. The zero-order valence-electron chi connectivity index (χ0n) is 14.4. The standard InChI is InChI=1S/C19H26O4/c1-5-22-17(20)19(13-12-15(3)4,18(21)23-6-2)14-16-10-8-7-9-11-16/h7-12H,5-6,13-14H2,1-4H3. The molecule has 0 radical (unpaired) electrons. The molecule has 0 unspecified atom stereocenters. The molecule has 0 N–H and O–H groups in total. The number of hydrogen-bond acceptors (Lipinski definition) is 4. The third-order valence-corrected chi connectivity index (χ3v) is 3.54. The maximum atomic E-state index is 12.6. The molecule has 0 fully saturated rings. The molecule has 0 aliphatic heterocycles. The second-order valence-electron chi connectivity index (χ2n) is 5.67. The fraction of sp³-hybridized carbons (Fsp3) is 0.474. The zero-order valence-corrected chi connectivity index (χ0v) is 14.4. The van der Waals surface area contributed by atoms with Crippen LogP contribution in [0, 0.1) is 5.41 Å². The Morgan fingerprint density at radius 1 is 1.00 bits per heavy atom. The first kappa shape index (κ1) is 18.9. The van der Waals surface area contributed by atoms with Crippen LogP contribution in [0.5, 0.6) is 0 Å². The minimum atomic E-state index is -1.34. The second-order valence-corrected chi connectivity index (χ2v) is 5.67. The van der Waals surface area contributed by atoms with Crippen LogP contribution in [-0.2, 0) is 25.5 Å². The minimum Gasteiger partial charge on any atom is -0.465 e. The summed E-state index contributed by atoms with van der Waals surface area (Å²) in [5, 5.41) is 0. The van der Waals surface area contributed by atoms with E-state index < -0.39 is 17.4 Å². The lowest BCUT2D eigenvalue weighted by Gasteiger charge is -2.28. The van der Waals surface area contributed by atoms with Gasteiger partial charge in [-0.05, 0) is 46.1 Å². The highest BCUT2D eigenvalue weighted by Gasteiger charge is 2.48. The van der Waals surface area contributed by atoms with Gasteiger partial charge in [-0.25, -0.2) is 0 Å². The van der Waals surface area contributed by atoms with Gasteiger partial charge in [-0.15, -0.1) is 0 Å². The van der Waals surface area contributed by atoms with E-state index in [1.54, 1.807) is 13.8 Å². The Kier molecular flexibility index (Phi) is 7.52. The molecule has 1 rings (SSSR count). The van der Waals surface area contributed by atoms with Gasteiger partial charge in [0.25, 0.3) is 0 Å². The van der Waals surface area contributed by atoms with Crippen LogP contribution in [0.4, 0.5) is 0 Å². The predicted molar refractivity (Wildman–Crippen MR) is 89.9 cm³/mol. The van der Waals surface area contributed by atoms with Gasteiger partial charge in [0.15, 0.2) is 5.41 Å². The summed E-state index contributed by atoms with van der Waals surface area (Å²) < 4.78 is 10.4. The van der Waals surface area contributed by atoms with E-state index in [2.05, 4.69) is 0 Å². The third kappa shape index (κ3) is 5.23. The van der Waals surface area contributed by atoms with Crippen molar-refractivity contribution in [3.05, 3.63) is 47.5 Å². The van der Waals surface area contributed by atoms with Crippen LogP contribution < -0.4 is 0 Å². The SMILES string of the molecule is CCOC(=O)C(CC=C(C)C)(Cc1ccccc1)C(=O)OCC. The van der Waals surface area contributed by atoms with Crippen LogP contribution in [0.15, 0.2) is 42.0 Å². The predicted octanol–water partition coefficient (Wildman–Crippen LogP) is 3.70. The molecule has 23 heavy (non-hydrogen) atoms. The molecule has 1 aromatic rings. The minimum absolute atomic E-state index is 0.226. The fourth-order valence-corrected chi connectivity index (χ4v) is 2.33. The molecular weight excluding hydrogens is 292 g/mol. The molecule has 4 nitrogen and oxygen atoms in total. The van der Waals surface area contributed by atoms with E-state index in [0.29, 0.717) is 0 Å². The van der Waals surface area contributed by atoms with Gasteiger partial charge in [-0.3, -0.25) is 9.59 Å². The van der Waals surface area contributed by atoms with Crippen LogP contribution in [0.1, 0.15) is 39.7 Å². The van der Waals surface area contributed by atoms with Gasteiger partial charge in [-0.2, -0.15) is 0 Å². The molecule has 0 bridgehead atoms. The van der Waals surface area contributed by atoms with E-state index in [-0.39, 0.29) is 26.1 Å². The first-order valence-corrected chi connectivity index (χ1v) is 7.98. The van der Waals surface area contributed by atoms with Gasteiger partial charge < -0.3 is 9.47 Å². The van der Waals surface area contributed by atoms with E-state index in [1.807, 2.05) is 50.3 Å². The smallest absolute Gasteiger partial charge is 0.324 e. The van der Waals surface area contributed by atoms with Crippen LogP contribution in [0.3, 0.4) is 0 Å². The Morgan fingerprint density at radius 3 is 1.96 bits per heavy atom. The monoisotopic (exact) mass is 318 g/mol. The molecule has 0 saturated carbocycles. The molecule has 0 amide bonds. The van der Waals surface area contributed by atoms with Gasteiger partial charge in [0, 0.05) is 0 Å². The Labute approximate surface area is 138 Å². The summed E-state index contributed by atoms with van der Waals surface area (Å²) >= 11 is 0. The number of hydrogen-bond donors (Lipinski definition) is 0. The number of ether oxygens (including phenoxy) is 2. The summed E-state index contributed by atoms with van der Waals surface area (Å²) in [5.41, 5.74) is 0.594. The fourth-order valence-electron chi connectivity index (χ4n) is 2.33. The average Bonchev–Trinajstić information content (AvgIpc) is 2.52. The van der Waals surface area contributed by atoms with Gasteiger partial charge in [-0.1, -0.05) is 42.0 Å². The first-order chi connectivity index (χ1) is 11.0. The summed E-state index contributed by atoms with van der Waals surface area (Å²) in [5.74, 6) is -1.06. The molecule has 0 aliphatic carbocycles. The Bertz CT molecular complexity index is 524. The van der Waals surface area contributed by atoms with Crippen molar-refractivity contribution in [1.29, 1.82) is 0 Å². The molecule has 0 aliphatic rings. The normalized spacial score (nSPS) is 10.8. The number of carbonyl (C=O) groups excluding carboxylic acids is 2. The largest absolute Gasteiger partial charge is 0.465 e. The lowest BCUT2D eigenvalue weighted by molar-refractivity contribution is -0.171. The van der Waals surface area contributed by atoms with Crippen LogP contribution in [0.2, 0.25) is 0 Å². The van der Waals surface area contributed by atoms with Crippen LogP contribution >= 0.6 is 0 Å². The zero-order chi connectivity index (χ0) is 17.3. The van der Waals surface area contributed by atoms with E-state index >= 15 is 0 Å². The van der Waals surface area contributed by atoms with Crippen molar-refractivity contribution in [3.63, 3.8) is 0 Å². The van der Waals surface area contributed by atoms with Crippen LogP contribution in [0.25, 0.3) is 0 Å². The molecule has 0 atom stereocenters. The van der Waals surface area contributed by atoms with Crippen LogP contribution in [-0.4, -0.2) is 25.2 Å². The summed E-state index contributed by atoms with van der Waals surface area (Å²) in [6.07, 6.45) is 2.41. The number of esters is 2. The summed E-state index contributed by atoms with van der Waals surface area (Å²) in [6, 6.07) is 9.47. The summed E-state index contributed by atoms with van der Waals surface area (Å²) in [6.45, 7) is 7.79. The lowest BCUT2D eigenvalue weighted by atomic mass is 9.78. The highest BCUT2D eigenvalue weighted by Crippen LogP contribution is 2.32. The number of allylic oxidation sites excluding steroid dienone is 2. The van der Waals surface area contributed by atoms with Gasteiger partial charge >= 0.3 is 11.9 Å². The maximum absolute atomic E-state index is 12.6. The van der Waals surface area contributed by atoms with Crippen molar-refractivity contribution < 1.29 is 19.1 Å². The number of carbonyl (C=O) groups is 2. The van der Waals surface area contributed by atoms with Gasteiger partial charge in [0.05, 0.1) is 13.2 Å². The molecule has 0 aromatic heterocycles. The molecule has 126 valence electrons. The van der Waals surface area contributed by atoms with E-state index in [0.717, 1.165) is 11.1 Å². The summed E-state index contributed by atoms with van der Waals surface area (Å²) in [7, 11) is 0. The van der Waals surface area contributed by atoms with E-state index in [9.17, 15) is 9.59 Å². The van der Waals surface area contributed by atoms with Gasteiger partial charge in [0.2, 0.25) is 0 Å². The van der Waals surface area contributed by atoms with Crippen molar-refractivity contribution in [2.24, 2.45) is 5.41 Å². The average molecular weight is 318 g/mol. The Balaban J connectivity index is 3.28. The highest BCUT2D eigenvalue weighted by molar-refractivity contribution is 6.00. The van der Waals surface area contributed by atoms with Crippen molar-refractivity contribution in [2.75, 3.05) is 13.2 Å². The topological polar surface area (TPSA) is 52.6 Å². The van der Waals surface area contributed by atoms with E-state index in [1.165, 1.54) is 0 Å². The number of rotatable bonds is 8. The highest BCUT2D eigenvalue weighted by atomic mass is 16.6. The van der Waals surface area contributed by atoms with E-state index in [4.69, 9.17) is 9.47 Å². The van der Waals surface area contributed by atoms with Crippen molar-refractivity contribution in [3.8, 4) is 0 Å². The molecule has 1 aromatic carbocycles. The lowest BCUT2D eigenvalue weighted by Crippen LogP contribution is -2.43. The molecule has 4 heteroatoms. The Hall–Kier alpha value is -2.10. The molecule has 0 saturated heterocycles. The van der Waals surface area contributed by atoms with Crippen molar-refractivity contribution in [2.45, 2.75) is 40.5 Å². The molecule has 0 heterocycles. The first-order valence-electron chi connectivity index (χ1n) is 7.98. The number of benzene rings is 1. The third-order valence-electron chi connectivity index (χ3n) is 3.54.